The van der Waals surface area contributed by atoms with Crippen LogP contribution >= 0.6 is 0 Å². The molecule has 36 heavy (non-hydrogen) atoms. The third kappa shape index (κ3) is 5.39. The minimum absolute atomic E-state index is 0.0174. The van der Waals surface area contributed by atoms with Gasteiger partial charge in [0.25, 0.3) is 0 Å². The summed E-state index contributed by atoms with van der Waals surface area (Å²) in [5, 5.41) is 10.4. The first kappa shape index (κ1) is 24.9. The molecule has 0 fully saturated rings. The number of nitrogens with zero attached hydrogens (tertiary/aromatic N) is 2. The third-order valence-corrected chi connectivity index (χ3v) is 5.63. The molecule has 0 amide bonds. The molecule has 8 heteroatoms. The Morgan fingerprint density at radius 3 is 1.83 bits per heavy atom. The molecule has 0 aliphatic rings. The molecule has 1 heterocycles. The lowest BCUT2D eigenvalue weighted by Gasteiger charge is -2.39. The second kappa shape index (κ2) is 10.6. The lowest BCUT2D eigenvalue weighted by Crippen LogP contribution is -2.51. The van der Waals surface area contributed by atoms with Gasteiger partial charge in [0, 0.05) is 11.4 Å². The van der Waals surface area contributed by atoms with Crippen LogP contribution in [-0.2, 0) is 21.7 Å². The highest BCUT2D eigenvalue weighted by atomic mass is 19.1. The smallest absolute Gasteiger partial charge is 0.348 e. The Morgan fingerprint density at radius 1 is 0.861 bits per heavy atom. The number of benzene rings is 3. The molecule has 4 aromatic rings. The predicted octanol–water partition coefficient (Wildman–Crippen LogP) is 5.36. The Bertz CT molecular complexity index is 1260. The third-order valence-electron chi connectivity index (χ3n) is 5.63. The minimum atomic E-state index is -1.83. The molecule has 0 aliphatic carbocycles. The quantitative estimate of drug-likeness (QED) is 0.340. The number of halogens is 2. The van der Waals surface area contributed by atoms with Crippen molar-refractivity contribution in [3.05, 3.63) is 125 Å². The molecule has 1 atom stereocenters. The highest BCUT2D eigenvalue weighted by Crippen LogP contribution is 2.40. The van der Waals surface area contributed by atoms with E-state index in [9.17, 15) is 18.7 Å². The van der Waals surface area contributed by atoms with Crippen molar-refractivity contribution < 1.29 is 28.2 Å². The molecule has 0 radical (unpaired) electrons. The number of rotatable bonds is 9. The molecule has 0 saturated heterocycles. The van der Waals surface area contributed by atoms with Gasteiger partial charge in [0.2, 0.25) is 6.10 Å². The van der Waals surface area contributed by atoms with E-state index < -0.39 is 29.3 Å². The van der Waals surface area contributed by atoms with Crippen LogP contribution in [-0.4, -0.2) is 27.1 Å². The van der Waals surface area contributed by atoms with Crippen LogP contribution in [0, 0.1) is 25.5 Å². The highest BCUT2D eigenvalue weighted by Gasteiger charge is 2.50. The van der Waals surface area contributed by atoms with Gasteiger partial charge in [0.05, 0.1) is 6.61 Å². The normalized spacial score (nSPS) is 12.2. The molecule has 184 valence electrons. The van der Waals surface area contributed by atoms with E-state index in [1.807, 2.05) is 30.3 Å². The summed E-state index contributed by atoms with van der Waals surface area (Å²) in [6.07, 6.45) is -1.72. The lowest BCUT2D eigenvalue weighted by atomic mass is 9.80. The fourth-order valence-corrected chi connectivity index (χ4v) is 4.04. The van der Waals surface area contributed by atoms with E-state index in [4.69, 9.17) is 9.47 Å². The van der Waals surface area contributed by atoms with Gasteiger partial charge in [-0.1, -0.05) is 54.6 Å². The maximum atomic E-state index is 13.9. The summed E-state index contributed by atoms with van der Waals surface area (Å²) in [5.41, 5.74) is 0.690. The van der Waals surface area contributed by atoms with Gasteiger partial charge < -0.3 is 14.6 Å². The Hall–Kier alpha value is -4.17. The van der Waals surface area contributed by atoms with E-state index in [1.165, 1.54) is 48.5 Å². The molecule has 1 N–H and O–H groups in total. The SMILES string of the molecule is Cc1cc(C)nc(O[C@H](C(=O)O)C(OCc2ccccc2)(c2ccc(F)cc2)c2ccc(F)cc2)n1. The Balaban J connectivity index is 1.93. The molecule has 3 aromatic carbocycles. The second-order valence-electron chi connectivity index (χ2n) is 8.29. The van der Waals surface area contributed by atoms with Crippen LogP contribution in [0.1, 0.15) is 28.1 Å². The molecule has 1 aromatic heterocycles. The number of aromatic nitrogens is 2. The fourth-order valence-electron chi connectivity index (χ4n) is 4.04. The van der Waals surface area contributed by atoms with Gasteiger partial charge >= 0.3 is 12.0 Å². The number of hydrogen-bond acceptors (Lipinski definition) is 5. The Morgan fingerprint density at radius 2 is 1.36 bits per heavy atom. The monoisotopic (exact) mass is 490 g/mol. The lowest BCUT2D eigenvalue weighted by molar-refractivity contribution is -0.166. The minimum Gasteiger partial charge on any atom is -0.478 e. The zero-order valence-corrected chi connectivity index (χ0v) is 19.7. The van der Waals surface area contributed by atoms with Crippen LogP contribution in [0.3, 0.4) is 0 Å². The number of carboxylic acid groups (broad SMARTS) is 1. The molecule has 4 rings (SSSR count). The molecule has 0 bridgehead atoms. The van der Waals surface area contributed by atoms with Gasteiger partial charge in [0.15, 0.2) is 5.60 Å². The van der Waals surface area contributed by atoms with E-state index in [2.05, 4.69) is 9.97 Å². The summed E-state index contributed by atoms with van der Waals surface area (Å²) < 4.78 is 40.2. The summed E-state index contributed by atoms with van der Waals surface area (Å²) in [5.74, 6) is -2.40. The van der Waals surface area contributed by atoms with Crippen LogP contribution in [0.25, 0.3) is 0 Å². The van der Waals surface area contributed by atoms with E-state index >= 15 is 0 Å². The van der Waals surface area contributed by atoms with Crippen molar-refractivity contribution in [3.63, 3.8) is 0 Å². The van der Waals surface area contributed by atoms with E-state index in [-0.39, 0.29) is 12.6 Å². The van der Waals surface area contributed by atoms with Crippen LogP contribution in [0.15, 0.2) is 84.9 Å². The van der Waals surface area contributed by atoms with Crippen molar-refractivity contribution in [2.45, 2.75) is 32.2 Å². The summed E-state index contributed by atoms with van der Waals surface area (Å²) in [6, 6.07) is 21.2. The maximum absolute atomic E-state index is 13.9. The standard InChI is InChI=1S/C28H24F2N2O4/c1-18-16-19(2)32-27(31-18)36-25(26(33)34)28(21-8-12-23(29)13-9-21,22-10-14-24(30)15-11-22)35-17-20-6-4-3-5-7-20/h3-16,25H,17H2,1-2H3,(H,33,34)/t25-/m1/s1. The first-order valence-electron chi connectivity index (χ1n) is 11.2. The van der Waals surface area contributed by atoms with Gasteiger partial charge in [-0.2, -0.15) is 0 Å². The number of carboxylic acids is 1. The second-order valence-corrected chi connectivity index (χ2v) is 8.29. The molecular weight excluding hydrogens is 466 g/mol. The van der Waals surface area contributed by atoms with Crippen LogP contribution in [0.5, 0.6) is 6.01 Å². The van der Waals surface area contributed by atoms with Gasteiger partial charge in [-0.3, -0.25) is 0 Å². The molecule has 0 saturated carbocycles. The van der Waals surface area contributed by atoms with E-state index in [0.717, 1.165) is 5.56 Å². The van der Waals surface area contributed by atoms with Gasteiger partial charge in [0.1, 0.15) is 11.6 Å². The van der Waals surface area contributed by atoms with Crippen molar-refractivity contribution in [2.24, 2.45) is 0 Å². The van der Waals surface area contributed by atoms with Crippen LogP contribution in [0.2, 0.25) is 0 Å². The van der Waals surface area contributed by atoms with Gasteiger partial charge in [-0.05, 0) is 60.9 Å². The van der Waals surface area contributed by atoms with Crippen molar-refractivity contribution in [1.82, 2.24) is 9.97 Å². The number of carbonyl (C=O) groups is 1. The molecule has 0 aliphatic heterocycles. The average molecular weight is 491 g/mol. The van der Waals surface area contributed by atoms with E-state index in [0.29, 0.717) is 22.5 Å². The first-order valence-corrected chi connectivity index (χ1v) is 11.2. The number of hydrogen-bond donors (Lipinski definition) is 1. The van der Waals surface area contributed by atoms with Crippen LogP contribution < -0.4 is 4.74 Å². The Labute approximate surface area is 207 Å². The zero-order valence-electron chi connectivity index (χ0n) is 19.7. The zero-order chi connectivity index (χ0) is 25.7. The predicted molar refractivity (Wildman–Crippen MR) is 128 cm³/mol. The average Bonchev–Trinajstić information content (AvgIpc) is 2.85. The molecule has 0 unspecified atom stereocenters. The van der Waals surface area contributed by atoms with Crippen molar-refractivity contribution in [3.8, 4) is 6.01 Å². The number of aliphatic carboxylic acids is 1. The summed E-state index contributed by atoms with van der Waals surface area (Å²) in [7, 11) is 0. The molecule has 0 spiro atoms. The summed E-state index contributed by atoms with van der Waals surface area (Å²) in [6.45, 7) is 3.45. The Kier molecular flexibility index (Phi) is 7.36. The van der Waals surface area contributed by atoms with Crippen molar-refractivity contribution in [1.29, 1.82) is 0 Å². The summed E-state index contributed by atoms with van der Waals surface area (Å²) in [4.78, 5) is 21.3. The molecule has 6 nitrogen and oxygen atoms in total. The fraction of sp³-hybridized carbons (Fsp3) is 0.179. The van der Waals surface area contributed by atoms with Crippen molar-refractivity contribution >= 4 is 5.97 Å². The number of ether oxygens (including phenoxy) is 2. The maximum Gasteiger partial charge on any atom is 0.348 e. The topological polar surface area (TPSA) is 81.5 Å². The van der Waals surface area contributed by atoms with E-state index in [1.54, 1.807) is 19.9 Å². The largest absolute Gasteiger partial charge is 0.478 e. The summed E-state index contributed by atoms with van der Waals surface area (Å²) >= 11 is 0. The number of aryl methyl sites for hydroxylation is 2. The highest BCUT2D eigenvalue weighted by molar-refractivity contribution is 5.76. The van der Waals surface area contributed by atoms with Crippen LogP contribution in [0.4, 0.5) is 8.78 Å². The van der Waals surface area contributed by atoms with Gasteiger partial charge in [-0.25, -0.2) is 23.5 Å². The van der Waals surface area contributed by atoms with Crippen molar-refractivity contribution in [2.75, 3.05) is 0 Å². The van der Waals surface area contributed by atoms with Gasteiger partial charge in [-0.15, -0.1) is 0 Å². The molecular formula is C28H24F2N2O4. The first-order chi connectivity index (χ1) is 17.3.